The summed E-state index contributed by atoms with van der Waals surface area (Å²) in [7, 11) is 1.00. The topological polar surface area (TPSA) is 130 Å². The van der Waals surface area contributed by atoms with Gasteiger partial charge in [0.2, 0.25) is 11.8 Å². The number of pyridine rings is 1. The van der Waals surface area contributed by atoms with Crippen molar-refractivity contribution in [3.8, 4) is 0 Å². The third-order valence-electron chi connectivity index (χ3n) is 4.03. The van der Waals surface area contributed by atoms with Crippen LogP contribution in [0.4, 0.5) is 5.69 Å². The minimum atomic E-state index is -0.578. The van der Waals surface area contributed by atoms with Crippen LogP contribution in [-0.4, -0.2) is 42.1 Å². The maximum Gasteiger partial charge on any atom is 0.283 e. The van der Waals surface area contributed by atoms with E-state index in [0.717, 1.165) is 18.3 Å². The molecule has 9 heteroatoms. The zero-order valence-corrected chi connectivity index (χ0v) is 18.6. The smallest absolute Gasteiger partial charge is 0.283 e. The highest BCUT2D eigenvalue weighted by Gasteiger charge is 2.20. The van der Waals surface area contributed by atoms with Crippen molar-refractivity contribution in [1.29, 1.82) is 0 Å². The number of nitrogens with zero attached hydrogens (tertiary/aromatic N) is 2. The Morgan fingerprint density at radius 3 is 2.69 bits per heavy atom. The van der Waals surface area contributed by atoms with Crippen LogP contribution < -0.4 is 16.5 Å². The first-order valence-corrected chi connectivity index (χ1v) is 9.95. The number of carbonyl (C=O) groups is 2. The first kappa shape index (κ1) is 26.5. The van der Waals surface area contributed by atoms with Crippen LogP contribution in [0.1, 0.15) is 13.8 Å². The number of amides is 2. The van der Waals surface area contributed by atoms with Crippen LogP contribution >= 0.6 is 0 Å². The van der Waals surface area contributed by atoms with Gasteiger partial charge in [-0.3, -0.25) is 14.6 Å². The lowest BCUT2D eigenvalue weighted by molar-refractivity contribution is -0.119. The summed E-state index contributed by atoms with van der Waals surface area (Å²) in [5.74, 6) is -1.08. The summed E-state index contributed by atoms with van der Waals surface area (Å²) in [6.45, 7) is 8.77. The van der Waals surface area contributed by atoms with Gasteiger partial charge in [0.15, 0.2) is 0 Å². The van der Waals surface area contributed by atoms with Gasteiger partial charge < -0.3 is 16.1 Å². The first-order valence-electron chi connectivity index (χ1n) is 9.95. The van der Waals surface area contributed by atoms with Crippen LogP contribution in [0.2, 0.25) is 6.82 Å². The van der Waals surface area contributed by atoms with Crippen molar-refractivity contribution in [1.82, 2.24) is 10.4 Å². The molecular formula is C23H29BN5O3. The van der Waals surface area contributed by atoms with Crippen molar-refractivity contribution in [2.75, 3.05) is 11.9 Å². The van der Waals surface area contributed by atoms with Crippen molar-refractivity contribution in [2.24, 2.45) is 16.8 Å². The molecule has 167 valence electrons. The standard InChI is InChI=1S/C22H25N5O2.CH4BO/c1-4-5-18(10-15(2)13-25-27-16(3)28)21(12-23)22(29)26-20-7-6-19-14-24-9-8-17(19)11-20;1-2-3/h4-11,13-14,21H,2,12,23H2,1,3H3,(H,26,29)(H,27,28);3H,1H3/b5-4-,18-10+,25-13-;. The van der Waals surface area contributed by atoms with E-state index in [4.69, 9.17) is 10.8 Å². The highest BCUT2D eigenvalue weighted by molar-refractivity contribution is 6.22. The minimum Gasteiger partial charge on any atom is -0.455 e. The van der Waals surface area contributed by atoms with E-state index in [9.17, 15) is 9.59 Å². The summed E-state index contributed by atoms with van der Waals surface area (Å²) in [6.07, 6.45) is 10.2. The van der Waals surface area contributed by atoms with Gasteiger partial charge in [0.25, 0.3) is 7.48 Å². The molecule has 32 heavy (non-hydrogen) atoms. The Morgan fingerprint density at radius 1 is 1.34 bits per heavy atom. The van der Waals surface area contributed by atoms with Crippen LogP contribution in [0.3, 0.4) is 0 Å². The second-order valence-corrected chi connectivity index (χ2v) is 6.62. The highest BCUT2D eigenvalue weighted by Crippen LogP contribution is 2.21. The molecule has 2 aromatic rings. The van der Waals surface area contributed by atoms with Crippen molar-refractivity contribution >= 4 is 42.0 Å². The number of hydrogen-bond donors (Lipinski definition) is 4. The zero-order chi connectivity index (χ0) is 23.9. The van der Waals surface area contributed by atoms with Crippen molar-refractivity contribution < 1.29 is 14.6 Å². The molecule has 1 unspecified atom stereocenters. The molecule has 8 nitrogen and oxygen atoms in total. The van der Waals surface area contributed by atoms with Crippen LogP contribution in [0, 0.1) is 5.92 Å². The van der Waals surface area contributed by atoms with Gasteiger partial charge >= 0.3 is 0 Å². The third-order valence-corrected chi connectivity index (χ3v) is 4.03. The van der Waals surface area contributed by atoms with Gasteiger partial charge in [-0.05, 0) is 47.7 Å². The van der Waals surface area contributed by atoms with Gasteiger partial charge in [-0.2, -0.15) is 5.10 Å². The molecule has 2 amide bonds. The second kappa shape index (κ2) is 14.5. The maximum absolute atomic E-state index is 12.9. The lowest BCUT2D eigenvalue weighted by Gasteiger charge is -2.17. The van der Waals surface area contributed by atoms with Gasteiger partial charge in [0, 0.05) is 36.9 Å². The van der Waals surface area contributed by atoms with E-state index in [2.05, 4.69) is 27.4 Å². The molecular weight excluding hydrogens is 405 g/mol. The fourth-order valence-electron chi connectivity index (χ4n) is 2.70. The SMILES string of the molecule is C=C(/C=N\NC(C)=O)/C=C(\C=C/C)C(CN)C(=O)Nc1ccc2cnccc2c1.C[B]O. The maximum atomic E-state index is 12.9. The molecule has 1 heterocycles. The molecule has 1 atom stereocenters. The van der Waals surface area contributed by atoms with Crippen LogP contribution in [0.25, 0.3) is 10.8 Å². The van der Waals surface area contributed by atoms with Crippen molar-refractivity contribution in [3.63, 3.8) is 0 Å². The number of hydrogen-bond acceptors (Lipinski definition) is 6. The molecule has 5 N–H and O–H groups in total. The molecule has 0 aliphatic rings. The minimum absolute atomic E-state index is 0.121. The van der Waals surface area contributed by atoms with Crippen LogP contribution in [-0.2, 0) is 9.59 Å². The number of carbonyl (C=O) groups excluding carboxylic acids is 2. The Bertz CT molecular complexity index is 1020. The average molecular weight is 434 g/mol. The van der Waals surface area contributed by atoms with E-state index < -0.39 is 5.92 Å². The average Bonchev–Trinajstić information content (AvgIpc) is 2.74. The fourth-order valence-corrected chi connectivity index (χ4v) is 2.70. The Kier molecular flexibility index (Phi) is 12.0. The molecule has 0 saturated carbocycles. The van der Waals surface area contributed by atoms with Gasteiger partial charge in [0.05, 0.1) is 12.1 Å². The molecule has 0 saturated heterocycles. The molecule has 0 aliphatic carbocycles. The lowest BCUT2D eigenvalue weighted by atomic mass is 9.95. The summed E-state index contributed by atoms with van der Waals surface area (Å²) >= 11 is 0. The molecule has 1 aromatic carbocycles. The molecule has 2 rings (SSSR count). The van der Waals surface area contributed by atoms with Gasteiger partial charge in [0.1, 0.15) is 0 Å². The summed E-state index contributed by atoms with van der Waals surface area (Å²) in [6, 6.07) is 7.50. The zero-order valence-electron chi connectivity index (χ0n) is 18.6. The number of benzene rings is 1. The van der Waals surface area contributed by atoms with Gasteiger partial charge in [-0.1, -0.05) is 31.6 Å². The number of hydrazone groups is 1. The fraction of sp³-hybridized carbons (Fsp3) is 0.217. The van der Waals surface area contributed by atoms with Crippen LogP contribution in [0.15, 0.2) is 77.7 Å². The largest absolute Gasteiger partial charge is 0.455 e. The quantitative estimate of drug-likeness (QED) is 0.220. The number of nitrogens with two attached hydrogens (primary N) is 1. The van der Waals surface area contributed by atoms with E-state index in [1.54, 1.807) is 31.4 Å². The molecule has 0 fully saturated rings. The highest BCUT2D eigenvalue weighted by atomic mass is 16.2. The second-order valence-electron chi connectivity index (χ2n) is 6.62. The summed E-state index contributed by atoms with van der Waals surface area (Å²) in [4.78, 5) is 27.9. The lowest BCUT2D eigenvalue weighted by Crippen LogP contribution is -2.30. The van der Waals surface area contributed by atoms with E-state index in [0.29, 0.717) is 16.8 Å². The Labute approximate surface area is 189 Å². The number of fused-ring (bicyclic) bond motifs is 1. The summed E-state index contributed by atoms with van der Waals surface area (Å²) < 4.78 is 0. The Hall–Kier alpha value is -3.56. The monoisotopic (exact) mass is 434 g/mol. The Balaban J connectivity index is 0.00000161. The van der Waals surface area contributed by atoms with Crippen LogP contribution in [0.5, 0.6) is 0 Å². The number of nitrogens with one attached hydrogen (secondary N) is 2. The molecule has 0 aliphatic heterocycles. The van der Waals surface area contributed by atoms with Crippen molar-refractivity contribution in [3.05, 3.63) is 72.6 Å². The summed E-state index contributed by atoms with van der Waals surface area (Å²) in [5, 5.41) is 16.1. The molecule has 0 spiro atoms. The van der Waals surface area contributed by atoms with E-state index in [1.807, 2.05) is 37.3 Å². The van der Waals surface area contributed by atoms with E-state index in [1.165, 1.54) is 13.1 Å². The number of anilines is 1. The Morgan fingerprint density at radius 2 is 2.06 bits per heavy atom. The van der Waals surface area contributed by atoms with Gasteiger partial charge in [-0.25, -0.2) is 5.43 Å². The first-order chi connectivity index (χ1) is 15.4. The third kappa shape index (κ3) is 9.07. The van der Waals surface area contributed by atoms with Gasteiger partial charge in [-0.15, -0.1) is 0 Å². The number of aromatic nitrogens is 1. The number of rotatable bonds is 8. The predicted molar refractivity (Wildman–Crippen MR) is 131 cm³/mol. The normalized spacial score (nSPS) is 12.2. The van der Waals surface area contributed by atoms with E-state index in [-0.39, 0.29) is 18.4 Å². The molecule has 0 bridgehead atoms. The number of allylic oxidation sites excluding steroid dienone is 4. The predicted octanol–water partition coefficient (Wildman–Crippen LogP) is 2.57. The van der Waals surface area contributed by atoms with E-state index >= 15 is 0 Å². The molecule has 1 aromatic heterocycles. The summed E-state index contributed by atoms with van der Waals surface area (Å²) in [5.41, 5.74) is 10.1. The van der Waals surface area contributed by atoms with Crippen molar-refractivity contribution in [2.45, 2.75) is 20.7 Å². The molecule has 1 radical (unpaired) electrons.